The van der Waals surface area contributed by atoms with E-state index in [0.29, 0.717) is 19.5 Å². The van der Waals surface area contributed by atoms with Gasteiger partial charge in [-0.2, -0.15) is 0 Å². The minimum absolute atomic E-state index is 0.0679. The van der Waals surface area contributed by atoms with Crippen LogP contribution < -0.4 is 10.2 Å². The van der Waals surface area contributed by atoms with Gasteiger partial charge < -0.3 is 15.1 Å². The molecule has 2 aliphatic rings. The molecule has 2 fully saturated rings. The van der Waals surface area contributed by atoms with E-state index in [1.54, 1.807) is 12.4 Å². The zero-order valence-corrected chi connectivity index (χ0v) is 16.8. The van der Waals surface area contributed by atoms with Gasteiger partial charge in [-0.1, -0.05) is 6.92 Å². The Morgan fingerprint density at radius 2 is 1.89 bits per heavy atom. The lowest BCUT2D eigenvalue weighted by atomic mass is 9.96. The topological polar surface area (TPSA) is 81.7 Å². The maximum atomic E-state index is 12.5. The number of piperidine rings is 1. The predicted molar refractivity (Wildman–Crippen MR) is 108 cm³/mol. The Morgan fingerprint density at radius 1 is 1.14 bits per heavy atom. The van der Waals surface area contributed by atoms with Crippen LogP contribution in [0.2, 0.25) is 0 Å². The van der Waals surface area contributed by atoms with Crippen molar-refractivity contribution in [3.8, 4) is 0 Å². The normalized spacial score (nSPS) is 20.8. The third-order valence-corrected chi connectivity index (χ3v) is 5.54. The van der Waals surface area contributed by atoms with E-state index in [0.717, 1.165) is 64.5 Å². The maximum Gasteiger partial charge on any atom is 0.225 e. The van der Waals surface area contributed by atoms with E-state index in [1.807, 2.05) is 17.9 Å². The first-order valence-electron chi connectivity index (χ1n) is 10.5. The molecule has 3 heterocycles. The van der Waals surface area contributed by atoms with Crippen molar-refractivity contribution in [1.29, 1.82) is 0 Å². The molecule has 0 spiro atoms. The quantitative estimate of drug-likeness (QED) is 0.743. The number of nitrogens with one attached hydrogen (secondary N) is 1. The molecule has 0 bridgehead atoms. The van der Waals surface area contributed by atoms with Gasteiger partial charge in [0.15, 0.2) is 0 Å². The first kappa shape index (κ1) is 20.5. The zero-order chi connectivity index (χ0) is 19.8. The van der Waals surface area contributed by atoms with Crippen molar-refractivity contribution in [2.24, 2.45) is 5.92 Å². The highest BCUT2D eigenvalue weighted by Gasteiger charge is 2.28. The lowest BCUT2D eigenvalue weighted by molar-refractivity contribution is -0.135. The van der Waals surface area contributed by atoms with E-state index in [-0.39, 0.29) is 17.7 Å². The molecule has 3 rings (SSSR count). The molecule has 1 unspecified atom stereocenters. The minimum Gasteiger partial charge on any atom is -0.355 e. The van der Waals surface area contributed by atoms with Crippen LogP contribution in [-0.4, -0.2) is 83.9 Å². The number of nitrogens with zero attached hydrogens (tertiary/aromatic N) is 5. The van der Waals surface area contributed by atoms with Crippen molar-refractivity contribution in [1.82, 2.24) is 25.1 Å². The monoisotopic (exact) mass is 388 g/mol. The average molecular weight is 389 g/mol. The molecule has 1 atom stereocenters. The lowest BCUT2D eigenvalue weighted by Crippen LogP contribution is -2.50. The first-order chi connectivity index (χ1) is 13.7. The number of hydrogen-bond acceptors (Lipinski definition) is 6. The molecular weight excluding hydrogens is 356 g/mol. The van der Waals surface area contributed by atoms with Gasteiger partial charge in [-0.15, -0.1) is 0 Å². The molecule has 0 aromatic carbocycles. The van der Waals surface area contributed by atoms with Crippen LogP contribution in [0, 0.1) is 5.92 Å². The Balaban J connectivity index is 1.35. The summed E-state index contributed by atoms with van der Waals surface area (Å²) >= 11 is 0. The van der Waals surface area contributed by atoms with Crippen molar-refractivity contribution in [3.05, 3.63) is 18.5 Å². The Bertz CT molecular complexity index is 633. The summed E-state index contributed by atoms with van der Waals surface area (Å²) in [5.74, 6) is 0.988. The molecule has 154 valence electrons. The number of rotatable bonds is 7. The number of amides is 2. The van der Waals surface area contributed by atoms with Crippen molar-refractivity contribution >= 4 is 17.8 Å². The second-order valence-corrected chi connectivity index (χ2v) is 7.60. The highest BCUT2D eigenvalue weighted by atomic mass is 16.2. The molecule has 1 N–H and O–H groups in total. The van der Waals surface area contributed by atoms with Crippen LogP contribution in [-0.2, 0) is 9.59 Å². The summed E-state index contributed by atoms with van der Waals surface area (Å²) in [6.45, 7) is 8.55. The minimum atomic E-state index is -0.0679. The van der Waals surface area contributed by atoms with Gasteiger partial charge >= 0.3 is 0 Å². The molecule has 0 aliphatic carbocycles. The smallest absolute Gasteiger partial charge is 0.225 e. The van der Waals surface area contributed by atoms with Gasteiger partial charge in [0.05, 0.1) is 5.92 Å². The van der Waals surface area contributed by atoms with Crippen molar-refractivity contribution in [2.75, 3.05) is 57.3 Å². The fourth-order valence-corrected chi connectivity index (χ4v) is 3.90. The zero-order valence-electron chi connectivity index (χ0n) is 16.8. The SMILES string of the molecule is CCCC(=O)N1CCCC(C(=O)NCCN2CCN(c3ncccn3)CC2)C1. The van der Waals surface area contributed by atoms with Crippen LogP contribution in [0.25, 0.3) is 0 Å². The van der Waals surface area contributed by atoms with Gasteiger partial charge in [-0.05, 0) is 25.3 Å². The Kier molecular flexibility index (Phi) is 7.59. The first-order valence-corrected chi connectivity index (χ1v) is 10.5. The van der Waals surface area contributed by atoms with Gasteiger partial charge in [0, 0.05) is 71.2 Å². The largest absolute Gasteiger partial charge is 0.355 e. The molecule has 2 aliphatic heterocycles. The molecule has 1 aromatic heterocycles. The highest BCUT2D eigenvalue weighted by molar-refractivity contribution is 5.81. The van der Waals surface area contributed by atoms with Crippen LogP contribution >= 0.6 is 0 Å². The van der Waals surface area contributed by atoms with Crippen molar-refractivity contribution < 1.29 is 9.59 Å². The molecule has 8 nitrogen and oxygen atoms in total. The summed E-state index contributed by atoms with van der Waals surface area (Å²) in [7, 11) is 0. The number of aromatic nitrogens is 2. The number of carbonyl (C=O) groups excluding carboxylic acids is 2. The predicted octanol–water partition coefficient (Wildman–Crippen LogP) is 0.754. The Hall–Kier alpha value is -2.22. The number of anilines is 1. The molecular formula is C20H32N6O2. The standard InChI is InChI=1S/C20H32N6O2/c1-2-5-18(27)26-10-3-6-17(16-26)19(28)21-9-11-24-12-14-25(15-13-24)20-22-7-4-8-23-20/h4,7-8,17H,2-3,5-6,9-16H2,1H3,(H,21,28). The van der Waals surface area contributed by atoms with Gasteiger partial charge in [0.1, 0.15) is 0 Å². The maximum absolute atomic E-state index is 12.5. The molecule has 0 radical (unpaired) electrons. The van der Waals surface area contributed by atoms with Crippen molar-refractivity contribution in [3.63, 3.8) is 0 Å². The van der Waals surface area contributed by atoms with Crippen LogP contribution in [0.3, 0.4) is 0 Å². The summed E-state index contributed by atoms with van der Waals surface area (Å²) in [6, 6.07) is 1.83. The third kappa shape index (κ3) is 5.64. The Morgan fingerprint density at radius 3 is 2.61 bits per heavy atom. The van der Waals surface area contributed by atoms with E-state index in [9.17, 15) is 9.59 Å². The number of carbonyl (C=O) groups is 2. The average Bonchev–Trinajstić information content (AvgIpc) is 2.75. The van der Waals surface area contributed by atoms with E-state index in [2.05, 4.69) is 25.1 Å². The molecule has 2 saturated heterocycles. The number of hydrogen-bond donors (Lipinski definition) is 1. The van der Waals surface area contributed by atoms with Crippen molar-refractivity contribution in [2.45, 2.75) is 32.6 Å². The summed E-state index contributed by atoms with van der Waals surface area (Å²) in [5, 5.41) is 3.08. The second kappa shape index (κ2) is 10.4. The fraction of sp³-hybridized carbons (Fsp3) is 0.700. The summed E-state index contributed by atoms with van der Waals surface area (Å²) in [4.78, 5) is 39.6. The Labute approximate surface area is 167 Å². The summed E-state index contributed by atoms with van der Waals surface area (Å²) in [5.41, 5.74) is 0. The fourth-order valence-electron chi connectivity index (χ4n) is 3.90. The summed E-state index contributed by atoms with van der Waals surface area (Å²) in [6.07, 6.45) is 6.76. The molecule has 2 amide bonds. The van der Waals surface area contributed by atoms with Gasteiger partial charge in [0.2, 0.25) is 17.8 Å². The van der Waals surface area contributed by atoms with Gasteiger partial charge in [0.25, 0.3) is 0 Å². The third-order valence-electron chi connectivity index (χ3n) is 5.54. The van der Waals surface area contributed by atoms with Crippen LogP contribution in [0.15, 0.2) is 18.5 Å². The molecule has 8 heteroatoms. The number of piperazine rings is 1. The van der Waals surface area contributed by atoms with E-state index in [4.69, 9.17) is 0 Å². The van der Waals surface area contributed by atoms with Gasteiger partial charge in [-0.3, -0.25) is 14.5 Å². The van der Waals surface area contributed by atoms with E-state index in [1.165, 1.54) is 0 Å². The van der Waals surface area contributed by atoms with Crippen LogP contribution in [0.4, 0.5) is 5.95 Å². The van der Waals surface area contributed by atoms with E-state index >= 15 is 0 Å². The number of likely N-dealkylation sites (tertiary alicyclic amines) is 1. The lowest BCUT2D eigenvalue weighted by Gasteiger charge is -2.35. The molecule has 1 aromatic rings. The van der Waals surface area contributed by atoms with E-state index < -0.39 is 0 Å². The molecule has 0 saturated carbocycles. The highest BCUT2D eigenvalue weighted by Crippen LogP contribution is 2.17. The van der Waals surface area contributed by atoms with Crippen LogP contribution in [0.5, 0.6) is 0 Å². The van der Waals surface area contributed by atoms with Crippen LogP contribution in [0.1, 0.15) is 32.6 Å². The second-order valence-electron chi connectivity index (χ2n) is 7.60. The molecule has 28 heavy (non-hydrogen) atoms. The summed E-state index contributed by atoms with van der Waals surface area (Å²) < 4.78 is 0. The van der Waals surface area contributed by atoms with Gasteiger partial charge in [-0.25, -0.2) is 9.97 Å².